The van der Waals surface area contributed by atoms with Crippen molar-refractivity contribution in [3.8, 4) is 0 Å². The zero-order valence-electron chi connectivity index (χ0n) is 6.12. The Morgan fingerprint density at radius 3 is 3.00 bits per heavy atom. The van der Waals surface area contributed by atoms with Gasteiger partial charge in [0.05, 0.1) is 6.61 Å². The third-order valence-electron chi connectivity index (χ3n) is 1.54. The number of rotatable bonds is 2. The summed E-state index contributed by atoms with van der Waals surface area (Å²) in [6, 6.07) is 0. The number of nitrogens with zero attached hydrogens (tertiary/aromatic N) is 1. The average Bonchev–Trinajstić information content (AvgIpc) is 1.94. The summed E-state index contributed by atoms with van der Waals surface area (Å²) in [5.41, 5.74) is 7.29. The molecule has 1 heterocycles. The molecule has 0 saturated carbocycles. The summed E-state index contributed by atoms with van der Waals surface area (Å²) in [7, 11) is -3.21. The average molecular weight is 198 g/mol. The molecule has 0 spiro atoms. The van der Waals surface area contributed by atoms with Gasteiger partial charge in [-0.05, 0) is 6.42 Å². The summed E-state index contributed by atoms with van der Waals surface area (Å²) >= 11 is 5.46. The van der Waals surface area contributed by atoms with Crippen LogP contribution in [0.25, 0.3) is 0 Å². The summed E-state index contributed by atoms with van der Waals surface area (Å²) in [5.74, 6) is 0.395. The van der Waals surface area contributed by atoms with Gasteiger partial charge >= 0.3 is 7.67 Å². The predicted octanol–water partition coefficient (Wildman–Crippen LogP) is 1.34. The van der Waals surface area contributed by atoms with Crippen molar-refractivity contribution in [3.63, 3.8) is 0 Å². The molecule has 1 atom stereocenters. The smallest absolute Gasteiger partial charge is 0.305 e. The van der Waals surface area contributed by atoms with E-state index in [1.165, 1.54) is 4.67 Å². The van der Waals surface area contributed by atoms with Crippen LogP contribution < -0.4 is 5.50 Å². The van der Waals surface area contributed by atoms with E-state index in [1.54, 1.807) is 0 Å². The van der Waals surface area contributed by atoms with E-state index < -0.39 is 7.67 Å². The molecular formula is C5H11ClN2O2P. The zero-order chi connectivity index (χ0) is 8.32. The standard InChI is InChI=1S/C5H11ClN2O2P/c6-2-4-8-3-1-5-10-11(8,7)9/h7H,1-5H2. The van der Waals surface area contributed by atoms with E-state index in [9.17, 15) is 4.57 Å². The highest BCUT2D eigenvalue weighted by atomic mass is 35.5. The molecule has 1 radical (unpaired) electrons. The first-order chi connectivity index (χ1) is 5.17. The van der Waals surface area contributed by atoms with Gasteiger partial charge in [-0.1, -0.05) is 0 Å². The van der Waals surface area contributed by atoms with Crippen LogP contribution in [-0.4, -0.2) is 30.2 Å². The maximum atomic E-state index is 11.3. The van der Waals surface area contributed by atoms with Crippen molar-refractivity contribution in [1.82, 2.24) is 10.2 Å². The lowest BCUT2D eigenvalue weighted by atomic mass is 10.4. The number of hydrogen-bond acceptors (Lipinski definition) is 2. The van der Waals surface area contributed by atoms with E-state index in [4.69, 9.17) is 21.6 Å². The van der Waals surface area contributed by atoms with Crippen molar-refractivity contribution in [2.75, 3.05) is 25.6 Å². The Balaban J connectivity index is 2.53. The van der Waals surface area contributed by atoms with Gasteiger partial charge < -0.3 is 4.52 Å². The fraction of sp³-hybridized carbons (Fsp3) is 1.00. The molecule has 0 aromatic carbocycles. The second kappa shape index (κ2) is 3.87. The maximum Gasteiger partial charge on any atom is 0.357 e. The third kappa shape index (κ3) is 2.42. The van der Waals surface area contributed by atoms with E-state index in [0.717, 1.165) is 6.42 Å². The molecule has 0 aromatic heterocycles. The lowest BCUT2D eigenvalue weighted by Gasteiger charge is -2.30. The lowest BCUT2D eigenvalue weighted by molar-refractivity contribution is 0.210. The van der Waals surface area contributed by atoms with Crippen LogP contribution in [0.4, 0.5) is 0 Å². The number of nitrogens with one attached hydrogen (secondary N) is 1. The molecule has 1 aliphatic heterocycles. The van der Waals surface area contributed by atoms with E-state index in [-0.39, 0.29) is 0 Å². The molecule has 1 rings (SSSR count). The molecule has 6 heteroatoms. The highest BCUT2D eigenvalue weighted by molar-refractivity contribution is 7.53. The van der Waals surface area contributed by atoms with Crippen LogP contribution >= 0.6 is 19.3 Å². The van der Waals surface area contributed by atoms with Crippen LogP contribution in [0.5, 0.6) is 0 Å². The molecule has 4 nitrogen and oxygen atoms in total. The van der Waals surface area contributed by atoms with Crippen LogP contribution in [0.15, 0.2) is 0 Å². The van der Waals surface area contributed by atoms with Crippen LogP contribution in [-0.2, 0) is 9.09 Å². The molecule has 1 N–H and O–H groups in total. The normalized spacial score (nSPS) is 34.0. The molecule has 11 heavy (non-hydrogen) atoms. The Morgan fingerprint density at radius 1 is 1.73 bits per heavy atom. The van der Waals surface area contributed by atoms with Crippen molar-refractivity contribution in [2.45, 2.75) is 6.42 Å². The Labute approximate surface area is 71.2 Å². The van der Waals surface area contributed by atoms with Crippen LogP contribution in [0.3, 0.4) is 0 Å². The molecule has 65 valence electrons. The molecule has 0 aromatic rings. The minimum atomic E-state index is -3.21. The molecular weight excluding hydrogens is 186 g/mol. The molecule has 1 fully saturated rings. The van der Waals surface area contributed by atoms with Crippen LogP contribution in [0.1, 0.15) is 6.42 Å². The fourth-order valence-electron chi connectivity index (χ4n) is 0.990. The number of alkyl halides is 1. The lowest BCUT2D eigenvalue weighted by Crippen LogP contribution is -2.30. The van der Waals surface area contributed by atoms with Crippen molar-refractivity contribution >= 4 is 19.3 Å². The maximum absolute atomic E-state index is 11.3. The first kappa shape index (κ1) is 9.49. The predicted molar refractivity (Wildman–Crippen MR) is 43.6 cm³/mol. The van der Waals surface area contributed by atoms with Gasteiger partial charge in [0.2, 0.25) is 0 Å². The van der Waals surface area contributed by atoms with Crippen molar-refractivity contribution in [1.29, 1.82) is 0 Å². The van der Waals surface area contributed by atoms with Gasteiger partial charge in [-0.2, -0.15) is 5.50 Å². The Morgan fingerprint density at radius 2 is 2.45 bits per heavy atom. The SMILES string of the molecule is [NH]P1(=O)OCCCN1CCCl. The van der Waals surface area contributed by atoms with Gasteiger partial charge in [0, 0.05) is 19.0 Å². The van der Waals surface area contributed by atoms with E-state index in [1.807, 2.05) is 0 Å². The third-order valence-corrected chi connectivity index (χ3v) is 3.39. The first-order valence-corrected chi connectivity index (χ1v) is 5.59. The van der Waals surface area contributed by atoms with E-state index in [0.29, 0.717) is 25.6 Å². The topological polar surface area (TPSA) is 53.3 Å². The first-order valence-electron chi connectivity index (χ1n) is 3.48. The summed E-state index contributed by atoms with van der Waals surface area (Å²) in [4.78, 5) is 0. The quantitative estimate of drug-likeness (QED) is 0.496. The van der Waals surface area contributed by atoms with Crippen molar-refractivity contribution in [2.24, 2.45) is 0 Å². The summed E-state index contributed by atoms with van der Waals surface area (Å²) < 4.78 is 17.6. The molecule has 0 amide bonds. The molecule has 1 unspecified atom stereocenters. The van der Waals surface area contributed by atoms with Crippen LogP contribution in [0.2, 0.25) is 0 Å². The monoisotopic (exact) mass is 197 g/mol. The van der Waals surface area contributed by atoms with E-state index >= 15 is 0 Å². The Hall–Kier alpha value is 0.400. The molecule has 0 aliphatic carbocycles. The van der Waals surface area contributed by atoms with Crippen molar-refractivity contribution in [3.05, 3.63) is 0 Å². The Bertz CT molecular complexity index is 176. The second-order valence-corrected chi connectivity index (χ2v) is 4.59. The zero-order valence-corrected chi connectivity index (χ0v) is 7.77. The largest absolute Gasteiger partial charge is 0.357 e. The van der Waals surface area contributed by atoms with Gasteiger partial charge in [-0.15, -0.1) is 11.6 Å². The summed E-state index contributed by atoms with van der Waals surface area (Å²) in [6.45, 7) is 1.56. The van der Waals surface area contributed by atoms with Gasteiger partial charge in [0.1, 0.15) is 0 Å². The van der Waals surface area contributed by atoms with Crippen LogP contribution in [0, 0.1) is 0 Å². The number of hydrogen-bond donors (Lipinski definition) is 0. The summed E-state index contributed by atoms with van der Waals surface area (Å²) in [6.07, 6.45) is 0.833. The van der Waals surface area contributed by atoms with Gasteiger partial charge in [0.15, 0.2) is 0 Å². The highest BCUT2D eigenvalue weighted by Gasteiger charge is 2.30. The van der Waals surface area contributed by atoms with E-state index in [2.05, 4.69) is 0 Å². The number of halogens is 1. The second-order valence-electron chi connectivity index (χ2n) is 2.35. The summed E-state index contributed by atoms with van der Waals surface area (Å²) in [5, 5.41) is 0. The molecule has 0 bridgehead atoms. The fourth-order valence-corrected chi connectivity index (χ4v) is 2.62. The molecule has 1 aliphatic rings. The van der Waals surface area contributed by atoms with Gasteiger partial charge in [-0.25, -0.2) is 4.67 Å². The minimum Gasteiger partial charge on any atom is -0.305 e. The minimum absolute atomic E-state index is 0.395. The molecule has 1 saturated heterocycles. The van der Waals surface area contributed by atoms with Gasteiger partial charge in [-0.3, -0.25) is 4.57 Å². The highest BCUT2D eigenvalue weighted by Crippen LogP contribution is 2.47. The van der Waals surface area contributed by atoms with Gasteiger partial charge in [0.25, 0.3) is 0 Å². The Kier molecular flexibility index (Phi) is 3.34. The van der Waals surface area contributed by atoms with Crippen molar-refractivity contribution < 1.29 is 9.09 Å².